The molecule has 0 aromatic rings. The van der Waals surface area contributed by atoms with Crippen molar-refractivity contribution in [3.63, 3.8) is 0 Å². The Balaban J connectivity index is 4.04. The van der Waals surface area contributed by atoms with Crippen molar-refractivity contribution in [1.82, 2.24) is 0 Å². The van der Waals surface area contributed by atoms with Crippen molar-refractivity contribution in [2.24, 2.45) is 0 Å². The molecule has 4 heteroatoms. The van der Waals surface area contributed by atoms with Crippen LogP contribution in [0.5, 0.6) is 0 Å². The van der Waals surface area contributed by atoms with Gasteiger partial charge in [0.15, 0.2) is 0 Å². The van der Waals surface area contributed by atoms with Gasteiger partial charge in [-0.25, -0.2) is 4.79 Å². The summed E-state index contributed by atoms with van der Waals surface area (Å²) in [4.78, 5) is 10.3. The molecule has 0 fully saturated rings. The van der Waals surface area contributed by atoms with Crippen molar-refractivity contribution in [3.05, 3.63) is 11.8 Å². The van der Waals surface area contributed by atoms with Gasteiger partial charge in [-0.1, -0.05) is 0 Å². The number of carbonyl (C=O) groups is 1. The van der Waals surface area contributed by atoms with Gasteiger partial charge in [0.25, 0.3) is 0 Å². The first-order valence-electron chi connectivity index (χ1n) is 3.41. The Kier molecular flexibility index (Phi) is 3.32. The average molecular weight is 174 g/mol. The first kappa shape index (κ1) is 10.2. The van der Waals surface area contributed by atoms with Gasteiger partial charge in [-0.15, -0.1) is 0 Å². The SMILES string of the molecule is CC(=CO[Si](C)(C)C)C(=O)O. The summed E-state index contributed by atoms with van der Waals surface area (Å²) in [5.74, 6) is -0.928. The van der Waals surface area contributed by atoms with Crippen LogP contribution in [0.25, 0.3) is 0 Å². The smallest absolute Gasteiger partial charge is 0.334 e. The standard InChI is InChI=1S/C7H14O3Si/c1-6(7(8)9)5-10-11(2,3)4/h5H,1-4H3,(H,8,9). The van der Waals surface area contributed by atoms with Crippen LogP contribution in [-0.2, 0) is 9.22 Å². The highest BCUT2D eigenvalue weighted by molar-refractivity contribution is 6.69. The van der Waals surface area contributed by atoms with Crippen LogP contribution in [0.2, 0.25) is 19.6 Å². The highest BCUT2D eigenvalue weighted by Crippen LogP contribution is 2.05. The summed E-state index contributed by atoms with van der Waals surface area (Å²) in [6.45, 7) is 7.51. The third kappa shape index (κ3) is 5.66. The van der Waals surface area contributed by atoms with Crippen LogP contribution in [0.3, 0.4) is 0 Å². The maximum Gasteiger partial charge on any atom is 0.334 e. The van der Waals surface area contributed by atoms with Crippen molar-refractivity contribution in [2.75, 3.05) is 0 Å². The van der Waals surface area contributed by atoms with Gasteiger partial charge in [0, 0.05) is 0 Å². The third-order valence-corrected chi connectivity index (χ3v) is 1.75. The van der Waals surface area contributed by atoms with Gasteiger partial charge >= 0.3 is 5.97 Å². The molecule has 3 nitrogen and oxygen atoms in total. The van der Waals surface area contributed by atoms with Crippen molar-refractivity contribution in [1.29, 1.82) is 0 Å². The van der Waals surface area contributed by atoms with E-state index in [9.17, 15) is 4.79 Å². The molecular formula is C7H14O3Si. The Bertz CT molecular complexity index is 179. The number of rotatable bonds is 3. The highest BCUT2D eigenvalue weighted by Gasteiger charge is 2.14. The zero-order chi connectivity index (χ0) is 9.07. The maximum atomic E-state index is 10.3. The molecule has 11 heavy (non-hydrogen) atoms. The van der Waals surface area contributed by atoms with Gasteiger partial charge < -0.3 is 9.53 Å². The Morgan fingerprint density at radius 1 is 1.45 bits per heavy atom. The zero-order valence-corrected chi connectivity index (χ0v) is 8.34. The molecule has 0 radical (unpaired) electrons. The molecule has 0 rings (SSSR count). The predicted molar refractivity (Wildman–Crippen MR) is 45.8 cm³/mol. The molecule has 0 spiro atoms. The molecular weight excluding hydrogens is 160 g/mol. The van der Waals surface area contributed by atoms with E-state index in [1.54, 1.807) is 0 Å². The minimum atomic E-state index is -1.61. The molecule has 0 amide bonds. The van der Waals surface area contributed by atoms with E-state index in [-0.39, 0.29) is 5.57 Å². The van der Waals surface area contributed by atoms with Crippen LogP contribution in [0.4, 0.5) is 0 Å². The Hall–Kier alpha value is -0.773. The molecule has 0 aromatic carbocycles. The van der Waals surface area contributed by atoms with E-state index < -0.39 is 14.3 Å². The minimum Gasteiger partial charge on any atom is -0.549 e. The second-order valence-electron chi connectivity index (χ2n) is 3.34. The molecule has 0 atom stereocenters. The average Bonchev–Trinajstić information content (AvgIpc) is 1.80. The molecule has 0 saturated carbocycles. The van der Waals surface area contributed by atoms with E-state index in [2.05, 4.69) is 0 Å². The fraction of sp³-hybridized carbons (Fsp3) is 0.571. The summed E-state index contributed by atoms with van der Waals surface area (Å²) >= 11 is 0. The van der Waals surface area contributed by atoms with E-state index in [4.69, 9.17) is 9.53 Å². The van der Waals surface area contributed by atoms with Gasteiger partial charge in [0.05, 0.1) is 11.8 Å². The van der Waals surface area contributed by atoms with Crippen LogP contribution < -0.4 is 0 Å². The van der Waals surface area contributed by atoms with Crippen molar-refractivity contribution < 1.29 is 14.3 Å². The van der Waals surface area contributed by atoms with Crippen molar-refractivity contribution >= 4 is 14.3 Å². The van der Waals surface area contributed by atoms with E-state index >= 15 is 0 Å². The number of carboxylic acid groups (broad SMARTS) is 1. The molecule has 0 aromatic heterocycles. The number of hydrogen-bond donors (Lipinski definition) is 1. The molecule has 0 saturated heterocycles. The van der Waals surface area contributed by atoms with E-state index in [0.717, 1.165) is 0 Å². The lowest BCUT2D eigenvalue weighted by Gasteiger charge is -2.15. The molecule has 0 bridgehead atoms. The number of hydrogen-bond acceptors (Lipinski definition) is 2. The first-order chi connectivity index (χ1) is 4.83. The zero-order valence-electron chi connectivity index (χ0n) is 7.34. The molecule has 0 aliphatic heterocycles. The quantitative estimate of drug-likeness (QED) is 0.403. The number of carboxylic acids is 1. The topological polar surface area (TPSA) is 46.5 Å². The lowest BCUT2D eigenvalue weighted by atomic mass is 10.4. The normalized spacial score (nSPS) is 12.9. The molecule has 64 valence electrons. The van der Waals surface area contributed by atoms with Gasteiger partial charge in [0.2, 0.25) is 8.32 Å². The largest absolute Gasteiger partial charge is 0.549 e. The molecule has 0 aliphatic rings. The molecule has 0 heterocycles. The van der Waals surface area contributed by atoms with E-state index in [1.165, 1.54) is 13.2 Å². The Morgan fingerprint density at radius 2 is 1.91 bits per heavy atom. The summed E-state index contributed by atoms with van der Waals surface area (Å²) in [5.41, 5.74) is 0.243. The van der Waals surface area contributed by atoms with Crippen LogP contribution in [0.15, 0.2) is 11.8 Å². The molecule has 0 aliphatic carbocycles. The second kappa shape index (κ2) is 3.57. The summed E-state index contributed by atoms with van der Waals surface area (Å²) in [5, 5.41) is 8.45. The molecule has 1 N–H and O–H groups in total. The lowest BCUT2D eigenvalue weighted by Crippen LogP contribution is -2.22. The van der Waals surface area contributed by atoms with Gasteiger partial charge in [0.1, 0.15) is 0 Å². The van der Waals surface area contributed by atoms with Crippen molar-refractivity contribution in [2.45, 2.75) is 26.6 Å². The monoisotopic (exact) mass is 174 g/mol. The fourth-order valence-electron chi connectivity index (χ4n) is 0.316. The summed E-state index contributed by atoms with van der Waals surface area (Å²) in [6.07, 6.45) is 1.33. The first-order valence-corrected chi connectivity index (χ1v) is 6.81. The summed E-state index contributed by atoms with van der Waals surface area (Å²) in [6, 6.07) is 0. The fourth-order valence-corrected chi connectivity index (χ4v) is 0.846. The maximum absolute atomic E-state index is 10.3. The third-order valence-electron chi connectivity index (χ3n) is 0.927. The minimum absolute atomic E-state index is 0.243. The van der Waals surface area contributed by atoms with Crippen LogP contribution in [0, 0.1) is 0 Å². The second-order valence-corrected chi connectivity index (χ2v) is 7.80. The Labute approximate surface area is 67.8 Å². The Morgan fingerprint density at radius 3 is 2.18 bits per heavy atom. The highest BCUT2D eigenvalue weighted by atomic mass is 28.4. The molecule has 0 unspecified atom stereocenters. The van der Waals surface area contributed by atoms with Crippen LogP contribution >= 0.6 is 0 Å². The lowest BCUT2D eigenvalue weighted by molar-refractivity contribution is -0.132. The van der Waals surface area contributed by atoms with E-state index in [1.807, 2.05) is 19.6 Å². The van der Waals surface area contributed by atoms with Crippen molar-refractivity contribution in [3.8, 4) is 0 Å². The van der Waals surface area contributed by atoms with E-state index in [0.29, 0.717) is 0 Å². The summed E-state index contributed by atoms with van der Waals surface area (Å²) in [7, 11) is -1.61. The predicted octanol–water partition coefficient (Wildman–Crippen LogP) is 1.83. The number of aliphatic carboxylic acids is 1. The van der Waals surface area contributed by atoms with Gasteiger partial charge in [-0.3, -0.25) is 0 Å². The summed E-state index contributed by atoms with van der Waals surface area (Å²) < 4.78 is 5.25. The van der Waals surface area contributed by atoms with Crippen LogP contribution in [-0.4, -0.2) is 19.4 Å². The van der Waals surface area contributed by atoms with Gasteiger partial charge in [-0.05, 0) is 26.6 Å². The van der Waals surface area contributed by atoms with Crippen LogP contribution in [0.1, 0.15) is 6.92 Å². The van der Waals surface area contributed by atoms with Gasteiger partial charge in [-0.2, -0.15) is 0 Å².